The fourth-order valence-electron chi connectivity index (χ4n) is 2.20. The second-order valence-electron chi connectivity index (χ2n) is 4.63. The lowest BCUT2D eigenvalue weighted by Gasteiger charge is -2.22. The molecule has 1 heterocycles. The molecule has 2 rings (SSSR count). The lowest BCUT2D eigenvalue weighted by atomic mass is 10.1. The maximum atomic E-state index is 11.2. The van der Waals surface area contributed by atoms with E-state index < -0.39 is 6.10 Å². The van der Waals surface area contributed by atoms with Crippen LogP contribution in [0.4, 0.5) is 11.4 Å². The van der Waals surface area contributed by atoms with E-state index in [1.807, 2.05) is 11.8 Å². The molecule has 0 aliphatic carbocycles. The van der Waals surface area contributed by atoms with Gasteiger partial charge in [-0.25, -0.2) is 0 Å². The summed E-state index contributed by atoms with van der Waals surface area (Å²) < 4.78 is 0. The Morgan fingerprint density at radius 2 is 2.21 bits per heavy atom. The van der Waals surface area contributed by atoms with Crippen molar-refractivity contribution in [3.8, 4) is 0 Å². The largest absolute Gasteiger partial charge is 0.389 e. The summed E-state index contributed by atoms with van der Waals surface area (Å²) in [6.45, 7) is 3.29. The lowest BCUT2D eigenvalue weighted by Crippen LogP contribution is -2.26. The van der Waals surface area contributed by atoms with Crippen LogP contribution in [0.2, 0.25) is 0 Å². The van der Waals surface area contributed by atoms with Crippen molar-refractivity contribution in [3.63, 3.8) is 0 Å². The zero-order chi connectivity index (χ0) is 13.8. The SMILES string of the molecule is C[C@@H](O)c1ccc(N2CCCSCC2)c([N+](=O)[O-])c1. The first-order valence-electron chi connectivity index (χ1n) is 6.38. The van der Waals surface area contributed by atoms with Crippen LogP contribution in [-0.4, -0.2) is 34.6 Å². The maximum absolute atomic E-state index is 11.2. The molecule has 5 nitrogen and oxygen atoms in total. The van der Waals surface area contributed by atoms with Crippen molar-refractivity contribution < 1.29 is 10.0 Å². The van der Waals surface area contributed by atoms with Crippen LogP contribution in [-0.2, 0) is 0 Å². The van der Waals surface area contributed by atoms with Crippen molar-refractivity contribution in [2.75, 3.05) is 29.5 Å². The van der Waals surface area contributed by atoms with E-state index in [2.05, 4.69) is 4.90 Å². The number of aliphatic hydroxyl groups excluding tert-OH is 1. The van der Waals surface area contributed by atoms with Gasteiger partial charge in [0.15, 0.2) is 0 Å². The topological polar surface area (TPSA) is 66.6 Å². The molecule has 1 aromatic rings. The van der Waals surface area contributed by atoms with Gasteiger partial charge in [0.2, 0.25) is 0 Å². The molecule has 104 valence electrons. The van der Waals surface area contributed by atoms with E-state index in [4.69, 9.17) is 0 Å². The number of rotatable bonds is 3. The first-order valence-corrected chi connectivity index (χ1v) is 7.54. The van der Waals surface area contributed by atoms with E-state index in [1.165, 1.54) is 6.07 Å². The molecule has 0 saturated carbocycles. The maximum Gasteiger partial charge on any atom is 0.292 e. The summed E-state index contributed by atoms with van der Waals surface area (Å²) >= 11 is 1.88. The summed E-state index contributed by atoms with van der Waals surface area (Å²) in [4.78, 5) is 12.9. The number of nitro groups is 1. The second kappa shape index (κ2) is 6.25. The Labute approximate surface area is 116 Å². The molecule has 1 saturated heterocycles. The van der Waals surface area contributed by atoms with Gasteiger partial charge in [0.1, 0.15) is 5.69 Å². The molecule has 0 spiro atoms. The fraction of sp³-hybridized carbons (Fsp3) is 0.538. The van der Waals surface area contributed by atoms with Crippen LogP contribution in [0.25, 0.3) is 0 Å². The molecule has 1 aliphatic rings. The predicted molar refractivity (Wildman–Crippen MR) is 77.9 cm³/mol. The van der Waals surface area contributed by atoms with E-state index >= 15 is 0 Å². The number of anilines is 1. The van der Waals surface area contributed by atoms with Gasteiger partial charge in [-0.15, -0.1) is 0 Å². The fourth-order valence-corrected chi connectivity index (χ4v) is 3.09. The van der Waals surface area contributed by atoms with Gasteiger partial charge >= 0.3 is 0 Å². The van der Waals surface area contributed by atoms with Crippen molar-refractivity contribution >= 4 is 23.1 Å². The lowest BCUT2D eigenvalue weighted by molar-refractivity contribution is -0.384. The van der Waals surface area contributed by atoms with E-state index in [0.717, 1.165) is 31.0 Å². The summed E-state index contributed by atoms with van der Waals surface area (Å²) in [6, 6.07) is 5.01. The summed E-state index contributed by atoms with van der Waals surface area (Å²) in [7, 11) is 0. The number of hydrogen-bond donors (Lipinski definition) is 1. The predicted octanol–water partition coefficient (Wildman–Crippen LogP) is 2.59. The van der Waals surface area contributed by atoms with Gasteiger partial charge in [-0.05, 0) is 30.7 Å². The highest BCUT2D eigenvalue weighted by atomic mass is 32.2. The van der Waals surface area contributed by atoms with E-state index in [-0.39, 0.29) is 10.6 Å². The number of aliphatic hydroxyl groups is 1. The molecule has 1 N–H and O–H groups in total. The average molecular weight is 282 g/mol. The Morgan fingerprint density at radius 1 is 1.42 bits per heavy atom. The van der Waals surface area contributed by atoms with Gasteiger partial charge in [-0.3, -0.25) is 10.1 Å². The van der Waals surface area contributed by atoms with Crippen LogP contribution in [0.1, 0.15) is 25.0 Å². The molecule has 0 unspecified atom stereocenters. The van der Waals surface area contributed by atoms with Crippen molar-refractivity contribution in [2.45, 2.75) is 19.4 Å². The van der Waals surface area contributed by atoms with Gasteiger partial charge in [0, 0.05) is 24.9 Å². The van der Waals surface area contributed by atoms with Crippen LogP contribution >= 0.6 is 11.8 Å². The van der Waals surface area contributed by atoms with Gasteiger partial charge < -0.3 is 10.0 Å². The Bertz CT molecular complexity index is 457. The smallest absolute Gasteiger partial charge is 0.292 e. The number of benzene rings is 1. The van der Waals surface area contributed by atoms with Crippen molar-refractivity contribution in [1.29, 1.82) is 0 Å². The highest BCUT2D eigenvalue weighted by Gasteiger charge is 2.21. The number of hydrogen-bond acceptors (Lipinski definition) is 5. The molecule has 0 bridgehead atoms. The van der Waals surface area contributed by atoms with E-state index in [1.54, 1.807) is 19.1 Å². The first kappa shape index (κ1) is 14.1. The quantitative estimate of drug-likeness (QED) is 0.682. The number of thioether (sulfide) groups is 1. The van der Waals surface area contributed by atoms with Gasteiger partial charge in [0.05, 0.1) is 11.0 Å². The average Bonchev–Trinajstić information content (AvgIpc) is 2.66. The molecule has 1 aliphatic heterocycles. The third-order valence-corrected chi connectivity index (χ3v) is 4.29. The third kappa shape index (κ3) is 3.39. The number of nitro benzene ring substituents is 1. The minimum atomic E-state index is -0.688. The molecule has 1 fully saturated rings. The highest BCUT2D eigenvalue weighted by molar-refractivity contribution is 7.99. The van der Waals surface area contributed by atoms with E-state index in [0.29, 0.717) is 11.3 Å². The van der Waals surface area contributed by atoms with Gasteiger partial charge in [-0.2, -0.15) is 11.8 Å². The molecular weight excluding hydrogens is 264 g/mol. The van der Waals surface area contributed by atoms with Crippen LogP contribution in [0.5, 0.6) is 0 Å². The molecule has 0 amide bonds. The monoisotopic (exact) mass is 282 g/mol. The first-order chi connectivity index (χ1) is 9.09. The van der Waals surface area contributed by atoms with E-state index in [9.17, 15) is 15.2 Å². The number of nitrogens with zero attached hydrogens (tertiary/aromatic N) is 2. The second-order valence-corrected chi connectivity index (χ2v) is 5.86. The van der Waals surface area contributed by atoms with Crippen LogP contribution < -0.4 is 4.90 Å². The van der Waals surface area contributed by atoms with Crippen LogP contribution in [0, 0.1) is 10.1 Å². The van der Waals surface area contributed by atoms with Crippen molar-refractivity contribution in [3.05, 3.63) is 33.9 Å². The minimum absolute atomic E-state index is 0.0882. The van der Waals surface area contributed by atoms with Gasteiger partial charge in [-0.1, -0.05) is 6.07 Å². The summed E-state index contributed by atoms with van der Waals surface area (Å²) in [5, 5.41) is 20.8. The Hall–Kier alpha value is -1.27. The summed E-state index contributed by atoms with van der Waals surface area (Å²) in [6.07, 6.45) is 0.354. The minimum Gasteiger partial charge on any atom is -0.389 e. The zero-order valence-corrected chi connectivity index (χ0v) is 11.7. The zero-order valence-electron chi connectivity index (χ0n) is 10.9. The molecule has 1 atom stereocenters. The normalized spacial score (nSPS) is 17.9. The third-order valence-electron chi connectivity index (χ3n) is 3.24. The molecule has 6 heteroatoms. The summed E-state index contributed by atoms with van der Waals surface area (Å²) in [5.74, 6) is 2.10. The molecule has 1 aromatic carbocycles. The molecule has 0 aromatic heterocycles. The van der Waals surface area contributed by atoms with Crippen LogP contribution in [0.15, 0.2) is 18.2 Å². The molecule has 0 radical (unpaired) electrons. The van der Waals surface area contributed by atoms with Crippen molar-refractivity contribution in [1.82, 2.24) is 0 Å². The standard InChI is InChI=1S/C13H18N2O3S/c1-10(16)11-3-4-12(13(9-11)15(17)18)14-5-2-7-19-8-6-14/h3-4,9-10,16H,2,5-8H2,1H3/t10-/m1/s1. The molecular formula is C13H18N2O3S. The molecule has 19 heavy (non-hydrogen) atoms. The Kier molecular flexibility index (Phi) is 4.66. The summed E-state index contributed by atoms with van der Waals surface area (Å²) in [5.41, 5.74) is 1.34. The van der Waals surface area contributed by atoms with Crippen molar-refractivity contribution in [2.24, 2.45) is 0 Å². The highest BCUT2D eigenvalue weighted by Crippen LogP contribution is 2.32. The van der Waals surface area contributed by atoms with Crippen LogP contribution in [0.3, 0.4) is 0 Å². The Balaban J connectivity index is 2.35. The van der Waals surface area contributed by atoms with Gasteiger partial charge in [0.25, 0.3) is 5.69 Å². The Morgan fingerprint density at radius 3 is 2.89 bits per heavy atom.